The zero-order valence-corrected chi connectivity index (χ0v) is 12.4. The van der Waals surface area contributed by atoms with Gasteiger partial charge in [-0.3, -0.25) is 0 Å². The van der Waals surface area contributed by atoms with E-state index in [0.717, 1.165) is 43.1 Å². The van der Waals surface area contributed by atoms with E-state index in [1.54, 1.807) is 6.20 Å². The Balaban J connectivity index is 1.58. The van der Waals surface area contributed by atoms with Gasteiger partial charge in [-0.2, -0.15) is 0 Å². The molecule has 1 aliphatic rings. The number of halogens is 1. The number of ether oxygens (including phenoxy) is 2. The maximum Gasteiger partial charge on any atom is 0.179 e. The van der Waals surface area contributed by atoms with Crippen LogP contribution in [0.15, 0.2) is 24.5 Å². The van der Waals surface area contributed by atoms with E-state index in [9.17, 15) is 0 Å². The minimum Gasteiger partial charge on any atom is -0.489 e. The molecule has 6 heteroatoms. The van der Waals surface area contributed by atoms with Crippen molar-refractivity contribution in [1.82, 2.24) is 15.3 Å². The molecule has 1 aliphatic heterocycles. The Morgan fingerprint density at radius 3 is 3.05 bits per heavy atom. The van der Waals surface area contributed by atoms with Crippen LogP contribution in [-0.2, 0) is 13.0 Å². The zero-order chi connectivity index (χ0) is 14.5. The second-order valence-electron chi connectivity index (χ2n) is 4.92. The largest absolute Gasteiger partial charge is 0.489 e. The predicted octanol–water partition coefficient (Wildman–Crippen LogP) is 2.56. The molecule has 0 amide bonds. The van der Waals surface area contributed by atoms with Crippen molar-refractivity contribution < 1.29 is 9.47 Å². The third-order valence-corrected chi connectivity index (χ3v) is 3.57. The van der Waals surface area contributed by atoms with Gasteiger partial charge in [0.2, 0.25) is 0 Å². The lowest BCUT2D eigenvalue weighted by Crippen LogP contribution is -2.17. The van der Waals surface area contributed by atoms with Gasteiger partial charge in [0.25, 0.3) is 0 Å². The Bertz CT molecular complexity index is 587. The lowest BCUT2D eigenvalue weighted by Gasteiger charge is -2.12. The maximum atomic E-state index is 6.27. The van der Waals surface area contributed by atoms with E-state index in [-0.39, 0.29) is 0 Å². The number of aromatic amines is 1. The fraction of sp³-hybridized carbons (Fsp3) is 0.400. The highest BCUT2D eigenvalue weighted by Crippen LogP contribution is 2.37. The summed E-state index contributed by atoms with van der Waals surface area (Å²) in [7, 11) is 0. The summed E-state index contributed by atoms with van der Waals surface area (Å²) in [6.07, 6.45) is 5.34. The molecule has 0 fully saturated rings. The topological polar surface area (TPSA) is 59.2 Å². The number of benzene rings is 1. The van der Waals surface area contributed by atoms with Gasteiger partial charge in [-0.25, -0.2) is 4.98 Å². The van der Waals surface area contributed by atoms with Crippen LogP contribution < -0.4 is 14.8 Å². The van der Waals surface area contributed by atoms with E-state index in [1.807, 2.05) is 18.3 Å². The molecule has 0 bridgehead atoms. The number of imidazole rings is 1. The second-order valence-corrected chi connectivity index (χ2v) is 5.33. The summed E-state index contributed by atoms with van der Waals surface area (Å²) >= 11 is 6.27. The molecule has 0 unspecified atom stereocenters. The van der Waals surface area contributed by atoms with Crippen molar-refractivity contribution in [3.8, 4) is 11.5 Å². The molecule has 0 atom stereocenters. The maximum absolute atomic E-state index is 6.27. The summed E-state index contributed by atoms with van der Waals surface area (Å²) < 4.78 is 11.3. The van der Waals surface area contributed by atoms with Crippen LogP contribution in [0.1, 0.15) is 17.8 Å². The highest BCUT2D eigenvalue weighted by atomic mass is 35.5. The summed E-state index contributed by atoms with van der Waals surface area (Å²) in [5, 5.41) is 3.98. The average molecular weight is 308 g/mol. The molecular formula is C15H18ClN3O2. The molecule has 1 aromatic carbocycles. The Labute approximate surface area is 128 Å². The van der Waals surface area contributed by atoms with E-state index in [2.05, 4.69) is 15.3 Å². The SMILES string of the molecule is Clc1cc(CNCCc2ncc[nH]2)cc2c1OCCCO2. The molecule has 0 spiro atoms. The van der Waals surface area contributed by atoms with Gasteiger partial charge >= 0.3 is 0 Å². The van der Waals surface area contributed by atoms with E-state index in [0.29, 0.717) is 24.0 Å². The number of hydrogen-bond donors (Lipinski definition) is 2. The first-order valence-corrected chi connectivity index (χ1v) is 7.48. The molecule has 2 heterocycles. The van der Waals surface area contributed by atoms with E-state index < -0.39 is 0 Å². The number of rotatable bonds is 5. The molecule has 1 aromatic heterocycles. The Hall–Kier alpha value is -1.72. The normalized spacial score (nSPS) is 14.0. The summed E-state index contributed by atoms with van der Waals surface area (Å²) in [6.45, 7) is 2.89. The van der Waals surface area contributed by atoms with Gasteiger partial charge in [-0.05, 0) is 17.7 Å². The first-order valence-electron chi connectivity index (χ1n) is 7.10. The van der Waals surface area contributed by atoms with Crippen molar-refractivity contribution in [2.75, 3.05) is 19.8 Å². The van der Waals surface area contributed by atoms with Crippen LogP contribution in [0.4, 0.5) is 0 Å². The Kier molecular flexibility index (Phi) is 4.62. The summed E-state index contributed by atoms with van der Waals surface area (Å²) in [4.78, 5) is 7.27. The van der Waals surface area contributed by atoms with E-state index in [4.69, 9.17) is 21.1 Å². The van der Waals surface area contributed by atoms with Crippen molar-refractivity contribution in [2.24, 2.45) is 0 Å². The molecule has 21 heavy (non-hydrogen) atoms. The standard InChI is InChI=1S/C15H18ClN3O2/c16-12-8-11(9-13-15(12)21-7-1-6-20-13)10-17-3-2-14-18-4-5-19-14/h4-5,8-9,17H,1-3,6-7,10H2,(H,18,19). The van der Waals surface area contributed by atoms with Crippen molar-refractivity contribution >= 4 is 11.6 Å². The van der Waals surface area contributed by atoms with Crippen LogP contribution in [0.2, 0.25) is 5.02 Å². The van der Waals surface area contributed by atoms with Gasteiger partial charge in [0.05, 0.1) is 18.2 Å². The molecule has 5 nitrogen and oxygen atoms in total. The van der Waals surface area contributed by atoms with Crippen LogP contribution in [0, 0.1) is 0 Å². The molecule has 0 aliphatic carbocycles. The monoisotopic (exact) mass is 307 g/mol. The lowest BCUT2D eigenvalue weighted by atomic mass is 10.2. The lowest BCUT2D eigenvalue weighted by molar-refractivity contribution is 0.297. The second kappa shape index (κ2) is 6.83. The van der Waals surface area contributed by atoms with Gasteiger partial charge in [0.1, 0.15) is 5.82 Å². The summed E-state index contributed by atoms with van der Waals surface area (Å²) in [5.41, 5.74) is 1.09. The Morgan fingerprint density at radius 2 is 2.19 bits per heavy atom. The molecule has 2 N–H and O–H groups in total. The van der Waals surface area contributed by atoms with Gasteiger partial charge in [0.15, 0.2) is 11.5 Å². The molecule has 0 radical (unpaired) electrons. The summed E-state index contributed by atoms with van der Waals surface area (Å²) in [5.74, 6) is 2.38. The third-order valence-electron chi connectivity index (χ3n) is 3.28. The Morgan fingerprint density at radius 1 is 1.29 bits per heavy atom. The number of hydrogen-bond acceptors (Lipinski definition) is 4. The first-order chi connectivity index (χ1) is 10.3. The van der Waals surface area contributed by atoms with Crippen LogP contribution in [0.3, 0.4) is 0 Å². The smallest absolute Gasteiger partial charge is 0.179 e. The molecule has 0 saturated carbocycles. The third kappa shape index (κ3) is 3.68. The molecule has 112 valence electrons. The highest BCUT2D eigenvalue weighted by Gasteiger charge is 2.15. The minimum atomic E-state index is 0.609. The van der Waals surface area contributed by atoms with Gasteiger partial charge in [-0.15, -0.1) is 0 Å². The average Bonchev–Trinajstić information content (AvgIpc) is 2.87. The van der Waals surface area contributed by atoms with Crippen molar-refractivity contribution in [1.29, 1.82) is 0 Å². The van der Waals surface area contributed by atoms with Crippen LogP contribution >= 0.6 is 11.6 Å². The number of nitrogens with zero attached hydrogens (tertiary/aromatic N) is 1. The fourth-order valence-corrected chi connectivity index (χ4v) is 2.55. The zero-order valence-electron chi connectivity index (χ0n) is 11.7. The summed E-state index contributed by atoms with van der Waals surface area (Å²) in [6, 6.07) is 3.92. The van der Waals surface area contributed by atoms with Gasteiger partial charge in [-0.1, -0.05) is 11.6 Å². The quantitative estimate of drug-likeness (QED) is 0.834. The van der Waals surface area contributed by atoms with Crippen LogP contribution in [0.5, 0.6) is 11.5 Å². The van der Waals surface area contributed by atoms with Gasteiger partial charge < -0.3 is 19.8 Å². The molecule has 0 saturated heterocycles. The van der Waals surface area contributed by atoms with Crippen molar-refractivity contribution in [2.45, 2.75) is 19.4 Å². The number of H-pyrrole nitrogens is 1. The molecule has 3 rings (SSSR count). The first kappa shape index (κ1) is 14.2. The van der Waals surface area contributed by atoms with Crippen molar-refractivity contribution in [3.63, 3.8) is 0 Å². The van der Waals surface area contributed by atoms with Gasteiger partial charge in [0, 0.05) is 38.3 Å². The predicted molar refractivity (Wildman–Crippen MR) is 81.1 cm³/mol. The molecule has 2 aromatic rings. The van der Waals surface area contributed by atoms with E-state index in [1.165, 1.54) is 0 Å². The minimum absolute atomic E-state index is 0.609. The fourth-order valence-electron chi connectivity index (χ4n) is 2.26. The molecular weight excluding hydrogens is 290 g/mol. The number of aromatic nitrogens is 2. The highest BCUT2D eigenvalue weighted by molar-refractivity contribution is 6.32. The number of fused-ring (bicyclic) bond motifs is 1. The van der Waals surface area contributed by atoms with Crippen molar-refractivity contribution in [3.05, 3.63) is 40.9 Å². The van der Waals surface area contributed by atoms with Crippen LogP contribution in [0.25, 0.3) is 0 Å². The number of nitrogens with one attached hydrogen (secondary N) is 2. The van der Waals surface area contributed by atoms with Crippen LogP contribution in [-0.4, -0.2) is 29.7 Å². The van der Waals surface area contributed by atoms with E-state index >= 15 is 0 Å².